The summed E-state index contributed by atoms with van der Waals surface area (Å²) < 4.78 is 13.2. The maximum atomic E-state index is 13.2. The molecule has 0 saturated carbocycles. The Morgan fingerprint density at radius 3 is 2.72 bits per heavy atom. The van der Waals surface area contributed by atoms with Gasteiger partial charge in [0.05, 0.1) is 5.02 Å². The van der Waals surface area contributed by atoms with Crippen LogP contribution >= 0.6 is 11.6 Å². The van der Waals surface area contributed by atoms with Gasteiger partial charge >= 0.3 is 0 Å². The van der Waals surface area contributed by atoms with Crippen molar-refractivity contribution in [2.45, 2.75) is 46.1 Å². The van der Waals surface area contributed by atoms with Crippen LogP contribution in [-0.2, 0) is 6.54 Å². The molecule has 1 nitrogen and oxygen atoms in total. The van der Waals surface area contributed by atoms with Crippen LogP contribution in [0, 0.1) is 11.7 Å². The van der Waals surface area contributed by atoms with E-state index in [1.807, 2.05) is 6.07 Å². The second-order valence-electron chi connectivity index (χ2n) is 4.80. The number of nitrogens with one attached hydrogen (secondary N) is 1. The zero-order chi connectivity index (χ0) is 13.4. The lowest BCUT2D eigenvalue weighted by Gasteiger charge is -2.15. The largest absolute Gasteiger partial charge is 0.312 e. The molecule has 0 heterocycles. The Bertz CT molecular complexity index is 354. The van der Waals surface area contributed by atoms with Gasteiger partial charge in [0.15, 0.2) is 0 Å². The Morgan fingerprint density at radius 1 is 1.33 bits per heavy atom. The standard InChI is InChI=1S/C15H23ClFN/c1-3-5-6-12(4-2)10-18-11-13-7-8-14(16)15(17)9-13/h7-9,12,18H,3-6,10-11H2,1-2H3. The molecule has 0 saturated heterocycles. The van der Waals surface area contributed by atoms with Gasteiger partial charge in [-0.25, -0.2) is 4.39 Å². The Kier molecular flexibility index (Phi) is 7.29. The van der Waals surface area contributed by atoms with Crippen molar-refractivity contribution >= 4 is 11.6 Å². The van der Waals surface area contributed by atoms with Crippen molar-refractivity contribution in [1.82, 2.24) is 5.32 Å². The molecule has 0 spiro atoms. The summed E-state index contributed by atoms with van der Waals surface area (Å²) in [5, 5.41) is 3.59. The highest BCUT2D eigenvalue weighted by Gasteiger charge is 2.06. The first-order chi connectivity index (χ1) is 8.67. The van der Waals surface area contributed by atoms with E-state index in [4.69, 9.17) is 11.6 Å². The summed E-state index contributed by atoms with van der Waals surface area (Å²) in [5.74, 6) is 0.385. The monoisotopic (exact) mass is 271 g/mol. The van der Waals surface area contributed by atoms with Crippen molar-refractivity contribution in [3.05, 3.63) is 34.6 Å². The zero-order valence-corrected chi connectivity index (χ0v) is 12.1. The first-order valence-corrected chi connectivity index (χ1v) is 7.19. The van der Waals surface area contributed by atoms with Gasteiger partial charge in [0, 0.05) is 6.54 Å². The van der Waals surface area contributed by atoms with Gasteiger partial charge in [-0.1, -0.05) is 50.8 Å². The molecule has 1 aromatic rings. The van der Waals surface area contributed by atoms with Crippen LogP contribution in [0.15, 0.2) is 18.2 Å². The summed E-state index contributed by atoms with van der Waals surface area (Å²) in [6.07, 6.45) is 5.01. The summed E-state index contributed by atoms with van der Waals surface area (Å²) >= 11 is 5.65. The first kappa shape index (κ1) is 15.5. The minimum Gasteiger partial charge on any atom is -0.312 e. The second kappa shape index (κ2) is 8.49. The van der Waals surface area contributed by atoms with E-state index >= 15 is 0 Å². The van der Waals surface area contributed by atoms with E-state index in [1.165, 1.54) is 31.7 Å². The highest BCUT2D eigenvalue weighted by molar-refractivity contribution is 6.30. The molecule has 102 valence electrons. The molecule has 0 aromatic heterocycles. The van der Waals surface area contributed by atoms with Gasteiger partial charge in [-0.15, -0.1) is 0 Å². The molecule has 0 aliphatic carbocycles. The Balaban J connectivity index is 2.33. The highest BCUT2D eigenvalue weighted by Crippen LogP contribution is 2.16. The Hall–Kier alpha value is -0.600. The van der Waals surface area contributed by atoms with Crippen LogP contribution in [0.2, 0.25) is 5.02 Å². The summed E-state index contributed by atoms with van der Waals surface area (Å²) in [6, 6.07) is 4.98. The van der Waals surface area contributed by atoms with E-state index in [1.54, 1.807) is 6.07 Å². The predicted octanol–water partition coefficient (Wildman–Crippen LogP) is 4.79. The number of rotatable bonds is 8. The summed E-state index contributed by atoms with van der Waals surface area (Å²) in [7, 11) is 0. The Labute approximate surface area is 115 Å². The van der Waals surface area contributed by atoms with Crippen molar-refractivity contribution in [1.29, 1.82) is 0 Å². The summed E-state index contributed by atoms with van der Waals surface area (Å²) in [4.78, 5) is 0. The molecule has 0 radical (unpaired) electrons. The molecule has 0 aliphatic rings. The maximum Gasteiger partial charge on any atom is 0.142 e. The number of halogens is 2. The molecule has 0 bridgehead atoms. The topological polar surface area (TPSA) is 12.0 Å². The van der Waals surface area contributed by atoms with Crippen LogP contribution in [0.1, 0.15) is 45.1 Å². The SMILES string of the molecule is CCCCC(CC)CNCc1ccc(Cl)c(F)c1. The summed E-state index contributed by atoms with van der Waals surface area (Å²) in [5.41, 5.74) is 0.947. The second-order valence-corrected chi connectivity index (χ2v) is 5.20. The third kappa shape index (κ3) is 5.36. The highest BCUT2D eigenvalue weighted by atomic mass is 35.5. The molecule has 3 heteroatoms. The van der Waals surface area contributed by atoms with Crippen LogP contribution in [-0.4, -0.2) is 6.54 Å². The smallest absolute Gasteiger partial charge is 0.142 e. The maximum absolute atomic E-state index is 13.2. The average Bonchev–Trinajstić information content (AvgIpc) is 2.37. The van der Waals surface area contributed by atoms with Crippen molar-refractivity contribution in [2.75, 3.05) is 6.54 Å². The van der Waals surface area contributed by atoms with Crippen LogP contribution in [0.25, 0.3) is 0 Å². The van der Waals surface area contributed by atoms with Gasteiger partial charge < -0.3 is 5.32 Å². The number of hydrogen-bond acceptors (Lipinski definition) is 1. The van der Waals surface area contributed by atoms with Gasteiger partial charge in [0.25, 0.3) is 0 Å². The van der Waals surface area contributed by atoms with Crippen molar-refractivity contribution in [3.8, 4) is 0 Å². The minimum absolute atomic E-state index is 0.188. The molecule has 1 unspecified atom stereocenters. The molecular formula is C15H23ClFN. The first-order valence-electron chi connectivity index (χ1n) is 6.82. The molecule has 0 aliphatic heterocycles. The average molecular weight is 272 g/mol. The molecule has 1 atom stereocenters. The lowest BCUT2D eigenvalue weighted by molar-refractivity contribution is 0.419. The van der Waals surface area contributed by atoms with Crippen molar-refractivity contribution in [3.63, 3.8) is 0 Å². The van der Waals surface area contributed by atoms with E-state index in [2.05, 4.69) is 19.2 Å². The van der Waals surface area contributed by atoms with Crippen LogP contribution in [0.3, 0.4) is 0 Å². The Morgan fingerprint density at radius 2 is 2.11 bits per heavy atom. The molecule has 18 heavy (non-hydrogen) atoms. The third-order valence-corrected chi connectivity index (χ3v) is 3.60. The van der Waals surface area contributed by atoms with E-state index in [9.17, 15) is 4.39 Å². The predicted molar refractivity (Wildman–Crippen MR) is 76.4 cm³/mol. The van der Waals surface area contributed by atoms with Crippen molar-refractivity contribution in [2.24, 2.45) is 5.92 Å². The van der Waals surface area contributed by atoms with Crippen LogP contribution < -0.4 is 5.32 Å². The molecule has 1 N–H and O–H groups in total. The van der Waals surface area contributed by atoms with Gasteiger partial charge in [-0.2, -0.15) is 0 Å². The van der Waals surface area contributed by atoms with E-state index < -0.39 is 0 Å². The minimum atomic E-state index is -0.339. The summed E-state index contributed by atoms with van der Waals surface area (Å²) in [6.45, 7) is 6.15. The normalized spacial score (nSPS) is 12.7. The quantitative estimate of drug-likeness (QED) is 0.717. The van der Waals surface area contributed by atoms with Crippen molar-refractivity contribution < 1.29 is 4.39 Å². The third-order valence-electron chi connectivity index (χ3n) is 3.29. The molecule has 1 rings (SSSR count). The van der Waals surface area contributed by atoms with Gasteiger partial charge in [-0.3, -0.25) is 0 Å². The van der Waals surface area contributed by atoms with E-state index in [0.717, 1.165) is 18.0 Å². The fourth-order valence-electron chi connectivity index (χ4n) is 2.01. The molecule has 0 fully saturated rings. The lowest BCUT2D eigenvalue weighted by Crippen LogP contribution is -2.22. The van der Waals surface area contributed by atoms with Crippen LogP contribution in [0.5, 0.6) is 0 Å². The lowest BCUT2D eigenvalue weighted by atomic mass is 9.99. The fraction of sp³-hybridized carbons (Fsp3) is 0.600. The number of benzene rings is 1. The molecule has 1 aromatic carbocycles. The van der Waals surface area contributed by atoms with E-state index in [-0.39, 0.29) is 10.8 Å². The zero-order valence-electron chi connectivity index (χ0n) is 11.3. The van der Waals surface area contributed by atoms with Gasteiger partial charge in [-0.05, 0) is 36.6 Å². The van der Waals surface area contributed by atoms with Gasteiger partial charge in [0.1, 0.15) is 5.82 Å². The fourth-order valence-corrected chi connectivity index (χ4v) is 2.13. The number of hydrogen-bond donors (Lipinski definition) is 1. The number of unbranched alkanes of at least 4 members (excludes halogenated alkanes) is 1. The van der Waals surface area contributed by atoms with E-state index in [0.29, 0.717) is 6.54 Å². The van der Waals surface area contributed by atoms with Gasteiger partial charge in [0.2, 0.25) is 0 Å². The molecular weight excluding hydrogens is 249 g/mol. The van der Waals surface area contributed by atoms with Crippen LogP contribution in [0.4, 0.5) is 4.39 Å². The molecule has 0 amide bonds.